The topological polar surface area (TPSA) is 18.5 Å². The third-order valence-electron chi connectivity index (χ3n) is 5.07. The van der Waals surface area contributed by atoms with E-state index in [1.54, 1.807) is 0 Å². The number of para-hydroxylation sites is 2. The summed E-state index contributed by atoms with van der Waals surface area (Å²) in [6.07, 6.45) is 5.51. The summed E-state index contributed by atoms with van der Waals surface area (Å²) >= 11 is 0. The van der Waals surface area contributed by atoms with Crippen LogP contribution in [0, 0.1) is 5.92 Å². The lowest BCUT2D eigenvalue weighted by molar-refractivity contribution is 0.276. The Balaban J connectivity index is 1.76. The summed E-state index contributed by atoms with van der Waals surface area (Å²) in [5.41, 5.74) is 2.80. The molecule has 1 heterocycles. The summed E-state index contributed by atoms with van der Waals surface area (Å²) in [4.78, 5) is 4.98. The van der Waals surface area contributed by atoms with Crippen molar-refractivity contribution in [1.29, 1.82) is 0 Å². The predicted molar refractivity (Wildman–Crippen MR) is 86.7 cm³/mol. The van der Waals surface area contributed by atoms with Crippen LogP contribution in [0.25, 0.3) is 0 Å². The third-order valence-corrected chi connectivity index (χ3v) is 5.07. The first kappa shape index (κ1) is 13.7. The van der Waals surface area contributed by atoms with E-state index in [4.69, 9.17) is 0 Å². The van der Waals surface area contributed by atoms with Crippen LogP contribution in [0.3, 0.4) is 0 Å². The van der Waals surface area contributed by atoms with Gasteiger partial charge < -0.3 is 15.1 Å². The van der Waals surface area contributed by atoms with E-state index in [9.17, 15) is 0 Å². The van der Waals surface area contributed by atoms with Gasteiger partial charge in [0.1, 0.15) is 0 Å². The number of hydrogen-bond donors (Lipinski definition) is 1. The van der Waals surface area contributed by atoms with E-state index in [2.05, 4.69) is 53.5 Å². The number of likely N-dealkylation sites (N-methyl/N-ethyl adjacent to an activating group) is 1. The zero-order valence-corrected chi connectivity index (χ0v) is 12.8. The van der Waals surface area contributed by atoms with Crippen molar-refractivity contribution < 1.29 is 0 Å². The van der Waals surface area contributed by atoms with Crippen molar-refractivity contribution >= 4 is 11.4 Å². The van der Waals surface area contributed by atoms with Crippen molar-refractivity contribution in [2.24, 2.45) is 5.92 Å². The maximum absolute atomic E-state index is 3.54. The van der Waals surface area contributed by atoms with Gasteiger partial charge in [-0.15, -0.1) is 0 Å². The second-order valence-corrected chi connectivity index (χ2v) is 6.30. The van der Waals surface area contributed by atoms with Gasteiger partial charge in [0, 0.05) is 32.7 Å². The molecule has 0 saturated heterocycles. The highest BCUT2D eigenvalue weighted by Crippen LogP contribution is 2.34. The molecular weight excluding hydrogens is 246 g/mol. The summed E-state index contributed by atoms with van der Waals surface area (Å²) in [6.45, 7) is 3.49. The number of rotatable bonds is 3. The molecule has 1 aromatic rings. The zero-order chi connectivity index (χ0) is 13.9. The van der Waals surface area contributed by atoms with Crippen LogP contribution in [0.1, 0.15) is 25.7 Å². The molecule has 3 heteroatoms. The second kappa shape index (κ2) is 6.04. The predicted octanol–water partition coefficient (Wildman–Crippen LogP) is 2.72. The Morgan fingerprint density at radius 1 is 1.10 bits per heavy atom. The molecule has 1 aliphatic carbocycles. The molecule has 2 atom stereocenters. The monoisotopic (exact) mass is 273 g/mol. The SMILES string of the molecule is CNC1CCCCC1CN1CCN(C)c2ccccc21. The molecule has 1 N–H and O–H groups in total. The van der Waals surface area contributed by atoms with Crippen molar-refractivity contribution in [2.75, 3.05) is 43.5 Å². The molecule has 3 rings (SSSR count). The first-order valence-corrected chi connectivity index (χ1v) is 8.02. The Kier molecular flexibility index (Phi) is 4.16. The first-order chi connectivity index (χ1) is 9.79. The van der Waals surface area contributed by atoms with Gasteiger partial charge in [-0.25, -0.2) is 0 Å². The van der Waals surface area contributed by atoms with E-state index in [-0.39, 0.29) is 0 Å². The molecule has 0 aromatic heterocycles. The summed E-state index contributed by atoms with van der Waals surface area (Å²) in [6, 6.07) is 9.55. The maximum atomic E-state index is 3.54. The Bertz CT molecular complexity index is 446. The van der Waals surface area contributed by atoms with Gasteiger partial charge in [0.25, 0.3) is 0 Å². The van der Waals surface area contributed by atoms with Crippen molar-refractivity contribution in [2.45, 2.75) is 31.7 Å². The second-order valence-electron chi connectivity index (χ2n) is 6.30. The molecule has 1 aromatic carbocycles. The van der Waals surface area contributed by atoms with Crippen molar-refractivity contribution in [3.05, 3.63) is 24.3 Å². The molecule has 2 aliphatic rings. The van der Waals surface area contributed by atoms with Crippen LogP contribution in [0.5, 0.6) is 0 Å². The van der Waals surface area contributed by atoms with Gasteiger partial charge in [-0.3, -0.25) is 0 Å². The number of nitrogens with one attached hydrogen (secondary N) is 1. The number of anilines is 2. The van der Waals surface area contributed by atoms with Crippen LogP contribution < -0.4 is 15.1 Å². The summed E-state index contributed by atoms with van der Waals surface area (Å²) < 4.78 is 0. The average Bonchev–Trinajstić information content (AvgIpc) is 2.51. The van der Waals surface area contributed by atoms with Crippen molar-refractivity contribution in [3.63, 3.8) is 0 Å². The minimum Gasteiger partial charge on any atom is -0.371 e. The quantitative estimate of drug-likeness (QED) is 0.913. The molecule has 3 nitrogen and oxygen atoms in total. The number of fused-ring (bicyclic) bond motifs is 1. The molecule has 0 amide bonds. The Morgan fingerprint density at radius 2 is 1.85 bits per heavy atom. The Hall–Kier alpha value is -1.22. The van der Waals surface area contributed by atoms with Gasteiger partial charge in [0.2, 0.25) is 0 Å². The lowest BCUT2D eigenvalue weighted by Gasteiger charge is -2.41. The highest BCUT2D eigenvalue weighted by molar-refractivity contribution is 5.73. The molecule has 20 heavy (non-hydrogen) atoms. The first-order valence-electron chi connectivity index (χ1n) is 8.02. The van der Waals surface area contributed by atoms with E-state index < -0.39 is 0 Å². The molecule has 0 spiro atoms. The van der Waals surface area contributed by atoms with Gasteiger partial charge >= 0.3 is 0 Å². The number of benzene rings is 1. The van der Waals surface area contributed by atoms with Gasteiger partial charge in [-0.05, 0) is 37.9 Å². The Morgan fingerprint density at radius 3 is 2.65 bits per heavy atom. The minimum absolute atomic E-state index is 0.704. The fourth-order valence-corrected chi connectivity index (χ4v) is 3.84. The van der Waals surface area contributed by atoms with Crippen LogP contribution in [-0.2, 0) is 0 Å². The fraction of sp³-hybridized carbons (Fsp3) is 0.647. The van der Waals surface area contributed by atoms with Gasteiger partial charge in [-0.2, -0.15) is 0 Å². The summed E-state index contributed by atoms with van der Waals surface area (Å²) in [5, 5.41) is 3.54. The van der Waals surface area contributed by atoms with Crippen LogP contribution >= 0.6 is 0 Å². The smallest absolute Gasteiger partial charge is 0.0604 e. The van der Waals surface area contributed by atoms with Crippen LogP contribution in [-0.4, -0.2) is 39.8 Å². The van der Waals surface area contributed by atoms with E-state index >= 15 is 0 Å². The molecule has 0 bridgehead atoms. The molecule has 0 radical (unpaired) electrons. The Labute approximate surface area is 123 Å². The largest absolute Gasteiger partial charge is 0.371 e. The standard InChI is InChI=1S/C17H27N3/c1-18-15-8-4-3-7-14(15)13-20-12-11-19(2)16-9-5-6-10-17(16)20/h5-6,9-10,14-15,18H,3-4,7-8,11-13H2,1-2H3. The molecule has 1 saturated carbocycles. The molecule has 1 fully saturated rings. The minimum atomic E-state index is 0.704. The molecular formula is C17H27N3. The van der Waals surface area contributed by atoms with E-state index in [0.29, 0.717) is 6.04 Å². The third kappa shape index (κ3) is 2.64. The summed E-state index contributed by atoms with van der Waals surface area (Å²) in [7, 11) is 4.33. The van der Waals surface area contributed by atoms with Gasteiger partial charge in [0.05, 0.1) is 11.4 Å². The van der Waals surface area contributed by atoms with E-state index in [0.717, 1.165) is 19.0 Å². The highest BCUT2D eigenvalue weighted by atomic mass is 15.3. The van der Waals surface area contributed by atoms with Crippen LogP contribution in [0.15, 0.2) is 24.3 Å². The van der Waals surface area contributed by atoms with Crippen molar-refractivity contribution in [3.8, 4) is 0 Å². The summed E-state index contributed by atoms with van der Waals surface area (Å²) in [5.74, 6) is 0.796. The normalized spacial score (nSPS) is 26.5. The average molecular weight is 273 g/mol. The zero-order valence-electron chi connectivity index (χ0n) is 12.8. The lowest BCUT2D eigenvalue weighted by Crippen LogP contribution is -2.46. The van der Waals surface area contributed by atoms with E-state index in [1.807, 2.05) is 0 Å². The highest BCUT2D eigenvalue weighted by Gasteiger charge is 2.28. The maximum Gasteiger partial charge on any atom is 0.0604 e. The van der Waals surface area contributed by atoms with Gasteiger partial charge in [-0.1, -0.05) is 25.0 Å². The molecule has 1 aliphatic heterocycles. The van der Waals surface area contributed by atoms with E-state index in [1.165, 1.54) is 43.6 Å². The molecule has 2 unspecified atom stereocenters. The number of hydrogen-bond acceptors (Lipinski definition) is 3. The van der Waals surface area contributed by atoms with Gasteiger partial charge in [0.15, 0.2) is 0 Å². The lowest BCUT2D eigenvalue weighted by atomic mass is 9.84. The molecule has 110 valence electrons. The number of nitrogens with zero attached hydrogens (tertiary/aromatic N) is 2. The van der Waals surface area contributed by atoms with Crippen molar-refractivity contribution in [1.82, 2.24) is 5.32 Å². The van der Waals surface area contributed by atoms with Crippen LogP contribution in [0.4, 0.5) is 11.4 Å². The fourth-order valence-electron chi connectivity index (χ4n) is 3.84. The van der Waals surface area contributed by atoms with Crippen LogP contribution in [0.2, 0.25) is 0 Å².